The molecule has 0 amide bonds. The maximum atomic E-state index is 12.2. The summed E-state index contributed by atoms with van der Waals surface area (Å²) in [6.07, 6.45) is 1.72. The van der Waals surface area contributed by atoms with Gasteiger partial charge in [0.15, 0.2) is 0 Å². The van der Waals surface area contributed by atoms with E-state index < -0.39 is 0 Å². The zero-order chi connectivity index (χ0) is 17.4. The molecule has 0 bridgehead atoms. The van der Waals surface area contributed by atoms with Crippen molar-refractivity contribution in [3.05, 3.63) is 88.2 Å². The van der Waals surface area contributed by atoms with Crippen LogP contribution < -0.4 is 11.3 Å². The van der Waals surface area contributed by atoms with Gasteiger partial charge in [-0.3, -0.25) is 4.79 Å². The lowest BCUT2D eigenvalue weighted by Crippen LogP contribution is -2.19. The minimum absolute atomic E-state index is 0.238. The standard InChI is InChI=1S/C21H17N3O/c1-14-10-20(22)24(21(25)11-14)23-13-19-17-8-4-2-6-15(17)12-16-7-3-5-9-18(16)19/h2-13H,22H2,1H3/b23-13-. The van der Waals surface area contributed by atoms with E-state index in [4.69, 9.17) is 5.73 Å². The van der Waals surface area contributed by atoms with E-state index in [1.807, 2.05) is 31.2 Å². The summed E-state index contributed by atoms with van der Waals surface area (Å²) in [7, 11) is 0. The number of pyridine rings is 1. The largest absolute Gasteiger partial charge is 0.384 e. The van der Waals surface area contributed by atoms with Crippen LogP contribution in [0.3, 0.4) is 0 Å². The monoisotopic (exact) mass is 327 g/mol. The smallest absolute Gasteiger partial charge is 0.273 e. The third-order valence-corrected chi connectivity index (χ3v) is 4.30. The van der Waals surface area contributed by atoms with Gasteiger partial charge in [0.05, 0.1) is 6.21 Å². The Morgan fingerprint density at radius 2 is 1.52 bits per heavy atom. The minimum Gasteiger partial charge on any atom is -0.384 e. The van der Waals surface area contributed by atoms with Gasteiger partial charge in [0.1, 0.15) is 5.82 Å². The molecule has 4 rings (SSSR count). The van der Waals surface area contributed by atoms with E-state index in [0.29, 0.717) is 5.82 Å². The molecule has 4 heteroatoms. The number of hydrogen-bond donors (Lipinski definition) is 1. The van der Waals surface area contributed by atoms with Gasteiger partial charge in [-0.1, -0.05) is 48.5 Å². The second-order valence-electron chi connectivity index (χ2n) is 6.08. The molecule has 25 heavy (non-hydrogen) atoms. The van der Waals surface area contributed by atoms with Crippen LogP contribution in [0.5, 0.6) is 0 Å². The lowest BCUT2D eigenvalue weighted by molar-refractivity contribution is 0.844. The van der Waals surface area contributed by atoms with Crippen LogP contribution in [0.2, 0.25) is 0 Å². The summed E-state index contributed by atoms with van der Waals surface area (Å²) in [6, 6.07) is 21.7. The van der Waals surface area contributed by atoms with Crippen LogP contribution in [-0.2, 0) is 0 Å². The number of rotatable bonds is 2. The Bertz CT molecular complexity index is 1130. The maximum absolute atomic E-state index is 12.2. The fraction of sp³-hybridized carbons (Fsp3) is 0.0476. The molecule has 0 fully saturated rings. The number of nitrogens with zero attached hydrogens (tertiary/aromatic N) is 2. The van der Waals surface area contributed by atoms with E-state index in [1.54, 1.807) is 12.3 Å². The van der Waals surface area contributed by atoms with Crippen molar-refractivity contribution in [2.75, 3.05) is 5.73 Å². The van der Waals surface area contributed by atoms with Gasteiger partial charge in [-0.05, 0) is 46.2 Å². The highest BCUT2D eigenvalue weighted by molar-refractivity contribution is 6.13. The Balaban J connectivity index is 1.98. The third kappa shape index (κ3) is 2.68. The van der Waals surface area contributed by atoms with Gasteiger partial charge in [0.25, 0.3) is 5.56 Å². The fourth-order valence-corrected chi connectivity index (χ4v) is 3.15. The summed E-state index contributed by atoms with van der Waals surface area (Å²) in [5, 5.41) is 8.81. The molecular formula is C21H17N3O. The lowest BCUT2D eigenvalue weighted by Gasteiger charge is -2.09. The van der Waals surface area contributed by atoms with Crippen LogP contribution in [0, 0.1) is 6.92 Å². The zero-order valence-corrected chi connectivity index (χ0v) is 13.8. The molecule has 0 aliphatic carbocycles. The first-order chi connectivity index (χ1) is 12.1. The number of aromatic nitrogens is 1. The van der Waals surface area contributed by atoms with E-state index in [9.17, 15) is 4.79 Å². The summed E-state index contributed by atoms with van der Waals surface area (Å²) in [5.74, 6) is 0.325. The van der Waals surface area contributed by atoms with E-state index >= 15 is 0 Å². The summed E-state index contributed by atoms with van der Waals surface area (Å²) >= 11 is 0. The van der Waals surface area contributed by atoms with Crippen molar-refractivity contribution >= 4 is 33.6 Å². The summed E-state index contributed by atoms with van der Waals surface area (Å²) in [4.78, 5) is 12.2. The highest BCUT2D eigenvalue weighted by Gasteiger charge is 2.06. The van der Waals surface area contributed by atoms with Crippen LogP contribution in [0.4, 0.5) is 5.82 Å². The van der Waals surface area contributed by atoms with Gasteiger partial charge >= 0.3 is 0 Å². The zero-order valence-electron chi connectivity index (χ0n) is 13.8. The second kappa shape index (κ2) is 5.91. The van der Waals surface area contributed by atoms with Crippen LogP contribution in [0.1, 0.15) is 11.1 Å². The molecule has 0 spiro atoms. The predicted molar refractivity (Wildman–Crippen MR) is 104 cm³/mol. The van der Waals surface area contributed by atoms with Crippen LogP contribution in [0.15, 0.2) is 76.6 Å². The lowest BCUT2D eigenvalue weighted by atomic mass is 9.97. The first kappa shape index (κ1) is 15.1. The van der Waals surface area contributed by atoms with Gasteiger partial charge in [-0.25, -0.2) is 0 Å². The minimum atomic E-state index is -0.238. The number of fused-ring (bicyclic) bond motifs is 2. The van der Waals surface area contributed by atoms with Crippen molar-refractivity contribution in [3.8, 4) is 0 Å². The van der Waals surface area contributed by atoms with E-state index in [-0.39, 0.29) is 5.56 Å². The first-order valence-corrected chi connectivity index (χ1v) is 8.07. The Labute approximate surface area is 144 Å². The van der Waals surface area contributed by atoms with Crippen LogP contribution in [-0.4, -0.2) is 10.9 Å². The fourth-order valence-electron chi connectivity index (χ4n) is 3.15. The molecule has 4 nitrogen and oxygen atoms in total. The maximum Gasteiger partial charge on any atom is 0.273 e. The molecular weight excluding hydrogens is 310 g/mol. The third-order valence-electron chi connectivity index (χ3n) is 4.30. The first-order valence-electron chi connectivity index (χ1n) is 8.07. The van der Waals surface area contributed by atoms with Crippen molar-refractivity contribution in [1.29, 1.82) is 0 Å². The van der Waals surface area contributed by atoms with Crippen molar-refractivity contribution in [2.24, 2.45) is 5.10 Å². The number of hydrogen-bond acceptors (Lipinski definition) is 3. The van der Waals surface area contributed by atoms with Gasteiger partial charge in [-0.2, -0.15) is 9.78 Å². The van der Waals surface area contributed by atoms with Crippen LogP contribution >= 0.6 is 0 Å². The van der Waals surface area contributed by atoms with E-state index in [2.05, 4.69) is 35.4 Å². The molecule has 0 saturated carbocycles. The van der Waals surface area contributed by atoms with Gasteiger partial charge in [0, 0.05) is 11.6 Å². The molecule has 1 heterocycles. The molecule has 0 aliphatic rings. The van der Waals surface area contributed by atoms with Crippen LogP contribution in [0.25, 0.3) is 21.5 Å². The predicted octanol–water partition coefficient (Wildman–Crippen LogP) is 3.93. The molecule has 0 atom stereocenters. The number of nitrogen functional groups attached to an aromatic ring is 1. The number of aryl methyl sites for hydroxylation is 1. The average Bonchev–Trinajstić information content (AvgIpc) is 2.60. The van der Waals surface area contributed by atoms with E-state index in [0.717, 1.165) is 32.7 Å². The summed E-state index contributed by atoms with van der Waals surface area (Å²) in [6.45, 7) is 1.84. The quantitative estimate of drug-likeness (QED) is 0.448. The van der Waals surface area contributed by atoms with Crippen molar-refractivity contribution in [2.45, 2.75) is 6.92 Å². The molecule has 2 N–H and O–H groups in total. The van der Waals surface area contributed by atoms with Gasteiger partial charge in [-0.15, -0.1) is 0 Å². The Morgan fingerprint density at radius 1 is 0.920 bits per heavy atom. The summed E-state index contributed by atoms with van der Waals surface area (Å²) in [5.41, 5.74) is 7.52. The van der Waals surface area contributed by atoms with Crippen molar-refractivity contribution < 1.29 is 0 Å². The van der Waals surface area contributed by atoms with Gasteiger partial charge in [0.2, 0.25) is 0 Å². The number of anilines is 1. The average molecular weight is 327 g/mol. The molecule has 122 valence electrons. The highest BCUT2D eigenvalue weighted by atomic mass is 16.1. The Morgan fingerprint density at radius 3 is 2.12 bits per heavy atom. The molecule has 0 aliphatic heterocycles. The number of benzene rings is 3. The highest BCUT2D eigenvalue weighted by Crippen LogP contribution is 2.27. The molecule has 3 aromatic carbocycles. The molecule has 0 saturated heterocycles. The number of nitrogens with two attached hydrogens (primary N) is 1. The Hall–Kier alpha value is -3.40. The van der Waals surface area contributed by atoms with E-state index in [1.165, 1.54) is 10.7 Å². The molecule has 1 aromatic heterocycles. The van der Waals surface area contributed by atoms with Gasteiger partial charge < -0.3 is 5.73 Å². The normalized spacial score (nSPS) is 11.6. The second-order valence-corrected chi connectivity index (χ2v) is 6.08. The van der Waals surface area contributed by atoms with Crippen molar-refractivity contribution in [1.82, 2.24) is 4.68 Å². The SMILES string of the molecule is Cc1cc(N)n(/N=C\c2c3ccccc3cc3ccccc23)c(=O)c1. The molecule has 0 radical (unpaired) electrons. The molecule has 4 aromatic rings. The molecule has 0 unspecified atom stereocenters. The topological polar surface area (TPSA) is 60.4 Å². The summed E-state index contributed by atoms with van der Waals surface area (Å²) < 4.78 is 1.23. The Kier molecular flexibility index (Phi) is 3.58. The van der Waals surface area contributed by atoms with Crippen molar-refractivity contribution in [3.63, 3.8) is 0 Å².